The first-order valence-corrected chi connectivity index (χ1v) is 11.2. The Hall–Kier alpha value is -3.41. The van der Waals surface area contributed by atoms with E-state index < -0.39 is 11.9 Å². The number of hydrogen-bond donors (Lipinski definition) is 1. The van der Waals surface area contributed by atoms with Gasteiger partial charge < -0.3 is 15.4 Å². The average Bonchev–Trinajstić information content (AvgIpc) is 3.08. The molecule has 6 nitrogen and oxygen atoms in total. The lowest BCUT2D eigenvalue weighted by molar-refractivity contribution is -0.140. The van der Waals surface area contributed by atoms with E-state index in [1.807, 2.05) is 54.6 Å². The smallest absolute Gasteiger partial charge is 0.240 e. The van der Waals surface area contributed by atoms with Crippen molar-refractivity contribution in [2.45, 2.75) is 50.8 Å². The Bertz CT molecular complexity index is 1160. The molecule has 0 aliphatic carbocycles. The number of benzene rings is 2. The molecule has 2 saturated heterocycles. The maximum atomic E-state index is 13.3. The second-order valence-electron chi connectivity index (χ2n) is 8.84. The summed E-state index contributed by atoms with van der Waals surface area (Å²) in [6.45, 7) is 2.55. The lowest BCUT2D eigenvalue weighted by Crippen LogP contribution is -2.52. The number of rotatable bonds is 5. The summed E-state index contributed by atoms with van der Waals surface area (Å²) in [5, 5.41) is 1.08. The molecular weight excluding hydrogens is 402 g/mol. The van der Waals surface area contributed by atoms with Crippen LogP contribution in [-0.2, 0) is 16.2 Å². The minimum Gasteiger partial charge on any atom is -0.489 e. The lowest BCUT2D eigenvalue weighted by atomic mass is 9.84. The Kier molecular flexibility index (Phi) is 5.29. The fourth-order valence-electron chi connectivity index (χ4n) is 5.41. The van der Waals surface area contributed by atoms with E-state index in [9.17, 15) is 9.59 Å². The zero-order valence-electron chi connectivity index (χ0n) is 18.1. The van der Waals surface area contributed by atoms with Gasteiger partial charge in [0.1, 0.15) is 18.4 Å². The summed E-state index contributed by atoms with van der Waals surface area (Å²) in [6.07, 6.45) is 4.31. The summed E-state index contributed by atoms with van der Waals surface area (Å²) < 4.78 is 6.03. The number of fused-ring (bicyclic) bond motifs is 2. The van der Waals surface area contributed by atoms with Gasteiger partial charge in [-0.3, -0.25) is 14.6 Å². The minimum atomic E-state index is -0.480. The molecular formula is C26H27N3O3. The van der Waals surface area contributed by atoms with Crippen molar-refractivity contribution in [1.29, 1.82) is 0 Å². The number of ether oxygens (including phenoxy) is 1. The number of piperidine rings is 1. The maximum absolute atomic E-state index is 13.3. The Labute approximate surface area is 187 Å². The first-order chi connectivity index (χ1) is 15.5. The van der Waals surface area contributed by atoms with E-state index in [0.717, 1.165) is 40.6 Å². The molecule has 2 aliphatic heterocycles. The van der Waals surface area contributed by atoms with Crippen LogP contribution in [0.25, 0.3) is 10.9 Å². The van der Waals surface area contributed by atoms with Crippen molar-refractivity contribution in [2.24, 2.45) is 11.7 Å². The predicted octanol–water partition coefficient (Wildman–Crippen LogP) is 3.78. The molecule has 2 amide bonds. The van der Waals surface area contributed by atoms with Crippen molar-refractivity contribution in [3.8, 4) is 5.75 Å². The van der Waals surface area contributed by atoms with Crippen LogP contribution in [0.5, 0.6) is 5.75 Å². The van der Waals surface area contributed by atoms with E-state index in [-0.39, 0.29) is 23.8 Å². The first kappa shape index (κ1) is 20.5. The second kappa shape index (κ2) is 8.26. The van der Waals surface area contributed by atoms with Crippen molar-refractivity contribution in [3.63, 3.8) is 0 Å². The van der Waals surface area contributed by atoms with Gasteiger partial charge in [0.15, 0.2) is 0 Å². The van der Waals surface area contributed by atoms with Gasteiger partial charge in [0.25, 0.3) is 0 Å². The minimum absolute atomic E-state index is 0.0166. The Morgan fingerprint density at radius 3 is 2.69 bits per heavy atom. The summed E-state index contributed by atoms with van der Waals surface area (Å²) in [5.41, 5.74) is 8.58. The molecule has 0 radical (unpaired) electrons. The largest absolute Gasteiger partial charge is 0.489 e. The van der Waals surface area contributed by atoms with E-state index in [1.54, 1.807) is 11.1 Å². The van der Waals surface area contributed by atoms with Crippen molar-refractivity contribution >= 4 is 22.7 Å². The highest BCUT2D eigenvalue weighted by Crippen LogP contribution is 2.44. The molecule has 3 aromatic rings. The van der Waals surface area contributed by atoms with E-state index in [4.69, 9.17) is 10.5 Å². The molecule has 2 aromatic carbocycles. The van der Waals surface area contributed by atoms with Crippen LogP contribution in [0.1, 0.15) is 43.2 Å². The molecule has 5 rings (SSSR count). The molecule has 2 fully saturated rings. The van der Waals surface area contributed by atoms with Crippen LogP contribution in [0.3, 0.4) is 0 Å². The predicted molar refractivity (Wildman–Crippen MR) is 122 cm³/mol. The molecule has 1 aromatic heterocycles. The molecule has 164 valence electrons. The molecule has 2 aliphatic rings. The van der Waals surface area contributed by atoms with E-state index in [0.29, 0.717) is 13.0 Å². The van der Waals surface area contributed by atoms with Crippen LogP contribution in [0.4, 0.5) is 0 Å². The Balaban J connectivity index is 1.32. The zero-order chi connectivity index (χ0) is 22.2. The molecule has 0 saturated carbocycles. The van der Waals surface area contributed by atoms with Crippen LogP contribution >= 0.6 is 0 Å². The molecule has 32 heavy (non-hydrogen) atoms. The standard InChI is InChI=1S/C26H27N3O3/c1-16-22-7-4-8-23(25(27)30)29(22)26(31)24(16)17-9-11-19(12-10-17)32-15-18-13-14-28-21-6-3-2-5-20(18)21/h2-3,5-6,9-14,16,22-24H,4,7-8,15H2,1H3,(H2,27,30). The van der Waals surface area contributed by atoms with E-state index in [1.165, 1.54) is 0 Å². The Morgan fingerprint density at radius 1 is 1.12 bits per heavy atom. The quantitative estimate of drug-likeness (QED) is 0.669. The number of carbonyl (C=O) groups is 2. The third kappa shape index (κ3) is 3.49. The lowest BCUT2D eigenvalue weighted by Gasteiger charge is -2.37. The number of pyridine rings is 1. The van der Waals surface area contributed by atoms with Crippen LogP contribution in [0.2, 0.25) is 0 Å². The number of nitrogens with two attached hydrogens (primary N) is 1. The fraction of sp³-hybridized carbons (Fsp3) is 0.346. The van der Waals surface area contributed by atoms with Gasteiger partial charge in [0.05, 0.1) is 11.4 Å². The van der Waals surface area contributed by atoms with Gasteiger partial charge >= 0.3 is 0 Å². The van der Waals surface area contributed by atoms with Gasteiger partial charge in [-0.15, -0.1) is 0 Å². The number of amides is 2. The highest BCUT2D eigenvalue weighted by atomic mass is 16.5. The summed E-state index contributed by atoms with van der Waals surface area (Å²) in [7, 11) is 0. The van der Waals surface area contributed by atoms with Crippen LogP contribution in [0, 0.1) is 5.92 Å². The number of hydrogen-bond acceptors (Lipinski definition) is 4. The van der Waals surface area contributed by atoms with Crippen LogP contribution < -0.4 is 10.5 Å². The number of primary amides is 1. The third-order valence-electron chi connectivity index (χ3n) is 7.03. The topological polar surface area (TPSA) is 85.5 Å². The van der Waals surface area contributed by atoms with Crippen LogP contribution in [0.15, 0.2) is 60.8 Å². The van der Waals surface area contributed by atoms with Gasteiger partial charge in [-0.2, -0.15) is 0 Å². The van der Waals surface area contributed by atoms with Gasteiger partial charge in [-0.1, -0.05) is 37.3 Å². The first-order valence-electron chi connectivity index (χ1n) is 11.2. The number of nitrogens with zero attached hydrogens (tertiary/aromatic N) is 2. The molecule has 0 spiro atoms. The SMILES string of the molecule is CC1C(c2ccc(OCc3ccnc4ccccc34)cc2)C(=O)N2C(C(N)=O)CCCC12. The van der Waals surface area contributed by atoms with Gasteiger partial charge in [-0.05, 0) is 55.0 Å². The molecule has 3 heterocycles. The summed E-state index contributed by atoms with van der Waals surface area (Å²) in [4.78, 5) is 31.3. The summed E-state index contributed by atoms with van der Waals surface area (Å²) in [5.74, 6) is 0.254. The molecule has 4 unspecified atom stereocenters. The number of para-hydroxylation sites is 1. The highest BCUT2D eigenvalue weighted by molar-refractivity contribution is 5.92. The average molecular weight is 430 g/mol. The van der Waals surface area contributed by atoms with Gasteiger partial charge in [-0.25, -0.2) is 0 Å². The van der Waals surface area contributed by atoms with Crippen molar-refractivity contribution in [2.75, 3.05) is 0 Å². The fourth-order valence-corrected chi connectivity index (χ4v) is 5.41. The second-order valence-corrected chi connectivity index (χ2v) is 8.84. The molecule has 2 N–H and O–H groups in total. The van der Waals surface area contributed by atoms with Crippen molar-refractivity contribution in [1.82, 2.24) is 9.88 Å². The van der Waals surface area contributed by atoms with E-state index >= 15 is 0 Å². The summed E-state index contributed by atoms with van der Waals surface area (Å²) >= 11 is 0. The number of aromatic nitrogens is 1. The van der Waals surface area contributed by atoms with Crippen molar-refractivity contribution < 1.29 is 14.3 Å². The van der Waals surface area contributed by atoms with Gasteiger partial charge in [0.2, 0.25) is 11.8 Å². The third-order valence-corrected chi connectivity index (χ3v) is 7.03. The molecule has 0 bridgehead atoms. The van der Waals surface area contributed by atoms with E-state index in [2.05, 4.69) is 11.9 Å². The maximum Gasteiger partial charge on any atom is 0.240 e. The van der Waals surface area contributed by atoms with Crippen molar-refractivity contribution in [3.05, 3.63) is 71.9 Å². The zero-order valence-corrected chi connectivity index (χ0v) is 18.1. The monoisotopic (exact) mass is 429 g/mol. The highest BCUT2D eigenvalue weighted by Gasteiger charge is 2.51. The van der Waals surface area contributed by atoms with Crippen LogP contribution in [-0.4, -0.2) is 33.8 Å². The normalized spacial score (nSPS) is 25.0. The molecule has 4 atom stereocenters. The van der Waals surface area contributed by atoms with Gasteiger partial charge in [0, 0.05) is 23.2 Å². The Morgan fingerprint density at radius 2 is 1.91 bits per heavy atom. The number of carbonyl (C=O) groups excluding carboxylic acids is 2. The molecule has 6 heteroatoms. The summed E-state index contributed by atoms with van der Waals surface area (Å²) in [6, 6.07) is 17.4.